The number of rotatable bonds is 0. The molecule has 0 fully saturated rings. The van der Waals surface area contributed by atoms with E-state index in [1.54, 1.807) is 0 Å². The first-order chi connectivity index (χ1) is 4.00. The molecule has 0 bridgehead atoms. The molecule has 0 rings (SSSR count). The molecule has 3 heteroatoms. The van der Waals surface area contributed by atoms with Crippen molar-refractivity contribution in [2.24, 2.45) is 0 Å². The largest absolute Gasteiger partial charge is 2.00 e. The van der Waals surface area contributed by atoms with Gasteiger partial charge < -0.3 is 13.1 Å². The summed E-state index contributed by atoms with van der Waals surface area (Å²) >= 11 is 0. The Morgan fingerprint density at radius 3 is 0.636 bits per heavy atom. The maximum Gasteiger partial charge on any atom is 2.00 e. The molecule has 0 nitrogen and oxygen atoms in total. The van der Waals surface area contributed by atoms with Gasteiger partial charge in [0.25, 0.3) is 0 Å². The summed E-state index contributed by atoms with van der Waals surface area (Å²) in [6.07, 6.45) is 0. The Bertz CT molecular complexity index is 55.1. The van der Waals surface area contributed by atoms with Gasteiger partial charge in [-0.05, 0) is 0 Å². The normalized spacial score (nSPS) is 10.9. The van der Waals surface area contributed by atoms with Crippen LogP contribution in [0, 0.1) is 13.1 Å². The first kappa shape index (κ1) is 17.9. The van der Waals surface area contributed by atoms with Crippen molar-refractivity contribution in [2.45, 2.75) is 39.3 Å². The van der Waals surface area contributed by atoms with Crippen LogP contribution in [-0.2, 0) is 17.4 Å². The minimum Gasteiger partial charge on any atom is -0.342 e. The molecule has 0 saturated carbocycles. The summed E-state index contributed by atoms with van der Waals surface area (Å²) in [7, 11) is -1.72. The second-order valence-electron chi connectivity index (χ2n) is 5.12. The van der Waals surface area contributed by atoms with E-state index in [-0.39, 0.29) is 17.4 Å². The van der Waals surface area contributed by atoms with Gasteiger partial charge in [0, 0.05) is 0 Å². The zero-order valence-corrected chi connectivity index (χ0v) is 12.1. The van der Waals surface area contributed by atoms with Gasteiger partial charge in [-0.3, -0.25) is 0 Å². The molecule has 0 spiro atoms. The van der Waals surface area contributed by atoms with E-state index >= 15 is 0 Å². The fourth-order valence-corrected chi connectivity index (χ4v) is 0. The zero-order valence-electron chi connectivity index (χ0n) is 8.82. The first-order valence-corrected chi connectivity index (χ1v) is 11.1. The summed E-state index contributed by atoms with van der Waals surface area (Å²) in [4.78, 5) is 0. The molecule has 11 heavy (non-hydrogen) atoms. The maximum atomic E-state index is 3.91. The second-order valence-corrected chi connectivity index (χ2v) is 15.4. The van der Waals surface area contributed by atoms with Gasteiger partial charge in [-0.1, -0.05) is 39.3 Å². The van der Waals surface area contributed by atoms with Crippen molar-refractivity contribution in [3.63, 3.8) is 0 Å². The smallest absolute Gasteiger partial charge is 0.342 e. The van der Waals surface area contributed by atoms with E-state index < -0.39 is 16.1 Å². The molecule has 0 amide bonds. The summed E-state index contributed by atoms with van der Waals surface area (Å²) in [5.41, 5.74) is 0. The van der Waals surface area contributed by atoms with Crippen LogP contribution < -0.4 is 0 Å². The van der Waals surface area contributed by atoms with Gasteiger partial charge in [0.1, 0.15) is 0 Å². The van der Waals surface area contributed by atoms with Crippen molar-refractivity contribution >= 4 is 16.1 Å². The van der Waals surface area contributed by atoms with E-state index in [2.05, 4.69) is 52.4 Å². The SMILES string of the molecule is [CH2-][Si](C)(C)C.[CH2-][Si](C)(C)C.[Cr+2]. The monoisotopic (exact) mass is 226 g/mol. The molecular formula is C8H22CrSi2. The topological polar surface area (TPSA) is 0 Å². The Kier molecular flexibility index (Phi) is 10.5. The summed E-state index contributed by atoms with van der Waals surface area (Å²) in [6.45, 7) is 21.1. The minimum atomic E-state index is -0.861. The molecule has 0 radical (unpaired) electrons. The third kappa shape index (κ3) is 944. The summed E-state index contributed by atoms with van der Waals surface area (Å²) in [5.74, 6) is 0. The average molecular weight is 226 g/mol. The molecule has 0 atom stereocenters. The van der Waals surface area contributed by atoms with Gasteiger partial charge in [0.15, 0.2) is 0 Å². The van der Waals surface area contributed by atoms with Crippen LogP contribution in [0.5, 0.6) is 0 Å². The van der Waals surface area contributed by atoms with E-state index in [0.717, 1.165) is 0 Å². The number of hydrogen-bond donors (Lipinski definition) is 0. The molecule has 0 N–H and O–H groups in total. The van der Waals surface area contributed by atoms with Crippen LogP contribution >= 0.6 is 0 Å². The Balaban J connectivity index is -0.000000107. The van der Waals surface area contributed by atoms with Crippen molar-refractivity contribution in [2.75, 3.05) is 0 Å². The second kappa shape index (κ2) is 6.48. The molecule has 0 aliphatic carbocycles. The van der Waals surface area contributed by atoms with Crippen molar-refractivity contribution in [1.82, 2.24) is 0 Å². The Morgan fingerprint density at radius 2 is 0.636 bits per heavy atom. The fraction of sp³-hybridized carbons (Fsp3) is 0.750. The van der Waals surface area contributed by atoms with Crippen molar-refractivity contribution < 1.29 is 17.4 Å². The average Bonchev–Trinajstić information content (AvgIpc) is 1.12. The molecule has 0 aliphatic heterocycles. The molecule has 0 heterocycles. The molecule has 0 unspecified atom stereocenters. The minimum absolute atomic E-state index is 0. The molecule has 0 aromatic heterocycles. The van der Waals surface area contributed by atoms with Crippen LogP contribution in [0.1, 0.15) is 0 Å². The standard InChI is InChI=1S/2C4H11Si.Cr/c2*1-5(2,3)4;/h2*1H2,2-4H3;/q2*-1;+2. The fourth-order valence-electron chi connectivity index (χ4n) is 0. The molecule has 0 aromatic rings. The van der Waals surface area contributed by atoms with Crippen molar-refractivity contribution in [3.8, 4) is 0 Å². The van der Waals surface area contributed by atoms with Gasteiger partial charge in [0.05, 0.1) is 0 Å². The van der Waals surface area contributed by atoms with Gasteiger partial charge in [-0.2, -0.15) is 0 Å². The molecular weight excluding hydrogens is 204 g/mol. The third-order valence-corrected chi connectivity index (χ3v) is 0. The first-order valence-electron chi connectivity index (χ1n) is 3.71. The predicted octanol–water partition coefficient (Wildman–Crippen LogP) is 3.39. The third-order valence-electron chi connectivity index (χ3n) is 0. The Labute approximate surface area is 85.9 Å². The number of hydrogen-bond acceptors (Lipinski definition) is 0. The maximum absolute atomic E-state index is 3.91. The summed E-state index contributed by atoms with van der Waals surface area (Å²) in [5, 5.41) is 0. The van der Waals surface area contributed by atoms with Gasteiger partial charge in [0.2, 0.25) is 0 Å². The molecule has 0 aromatic carbocycles. The van der Waals surface area contributed by atoms with Crippen LogP contribution in [0.15, 0.2) is 0 Å². The van der Waals surface area contributed by atoms with E-state index in [9.17, 15) is 0 Å². The van der Waals surface area contributed by atoms with Crippen LogP contribution in [0.2, 0.25) is 39.3 Å². The summed E-state index contributed by atoms with van der Waals surface area (Å²) < 4.78 is 0. The van der Waals surface area contributed by atoms with E-state index in [4.69, 9.17) is 0 Å². The summed E-state index contributed by atoms with van der Waals surface area (Å²) in [6, 6.07) is 0. The van der Waals surface area contributed by atoms with Gasteiger partial charge in [-0.15, -0.1) is 16.1 Å². The van der Waals surface area contributed by atoms with E-state index in [1.165, 1.54) is 0 Å². The Morgan fingerprint density at radius 1 is 0.636 bits per heavy atom. The van der Waals surface area contributed by atoms with Crippen LogP contribution in [-0.4, -0.2) is 16.1 Å². The zero-order chi connectivity index (χ0) is 9.00. The van der Waals surface area contributed by atoms with Crippen LogP contribution in [0.25, 0.3) is 0 Å². The van der Waals surface area contributed by atoms with E-state index in [0.29, 0.717) is 0 Å². The van der Waals surface area contributed by atoms with Crippen LogP contribution in [0.4, 0.5) is 0 Å². The molecule has 0 aliphatic rings. The van der Waals surface area contributed by atoms with Crippen LogP contribution in [0.3, 0.4) is 0 Å². The van der Waals surface area contributed by atoms with E-state index in [1.807, 2.05) is 0 Å². The quantitative estimate of drug-likeness (QED) is 0.439. The Hall–Kier alpha value is 0.966. The molecule has 0 saturated heterocycles. The van der Waals surface area contributed by atoms with Crippen molar-refractivity contribution in [1.29, 1.82) is 0 Å². The molecule has 68 valence electrons. The predicted molar refractivity (Wildman–Crippen MR) is 57.4 cm³/mol. The van der Waals surface area contributed by atoms with Gasteiger partial charge in [-0.25, -0.2) is 0 Å². The van der Waals surface area contributed by atoms with Crippen molar-refractivity contribution in [3.05, 3.63) is 13.1 Å². The van der Waals surface area contributed by atoms with Gasteiger partial charge >= 0.3 is 17.4 Å².